The molecule has 0 aliphatic rings. The molecule has 0 spiro atoms. The molecule has 4 nitrogen and oxygen atoms in total. The van der Waals surface area contributed by atoms with Crippen molar-refractivity contribution in [2.75, 3.05) is 0 Å². The summed E-state index contributed by atoms with van der Waals surface area (Å²) in [5.74, 6) is 0.581. The monoisotopic (exact) mass is 254 g/mol. The number of hydrogen-bond donors (Lipinski definition) is 1. The molecule has 4 heteroatoms. The zero-order valence-electron chi connectivity index (χ0n) is 10.5. The molecule has 0 radical (unpaired) electrons. The fourth-order valence-electron chi connectivity index (χ4n) is 1.47. The predicted octanol–water partition coefficient (Wildman–Crippen LogP) is 3.02. The van der Waals surface area contributed by atoms with Crippen LogP contribution >= 0.6 is 0 Å². The second-order valence-corrected chi connectivity index (χ2v) is 3.90. The predicted molar refractivity (Wildman–Crippen MR) is 74.9 cm³/mol. The number of hydrogen-bond acceptors (Lipinski definition) is 3. The van der Waals surface area contributed by atoms with Crippen LogP contribution in [0, 0.1) is 6.92 Å². The zero-order chi connectivity index (χ0) is 13.5. The van der Waals surface area contributed by atoms with Gasteiger partial charge in [0.1, 0.15) is 5.76 Å². The van der Waals surface area contributed by atoms with E-state index >= 15 is 0 Å². The molecule has 0 fully saturated rings. The fraction of sp³-hybridized carbons (Fsp3) is 0.0667. The lowest BCUT2D eigenvalue weighted by Gasteiger charge is -1.93. The summed E-state index contributed by atoms with van der Waals surface area (Å²) in [4.78, 5) is 11.5. The highest BCUT2D eigenvalue weighted by Gasteiger charge is 2.07. The molecule has 1 N–H and O–H groups in total. The minimum absolute atomic E-state index is 0.252. The molecule has 96 valence electrons. The van der Waals surface area contributed by atoms with E-state index in [1.807, 2.05) is 36.4 Å². The van der Waals surface area contributed by atoms with Gasteiger partial charge in [0.2, 0.25) is 0 Å². The molecular formula is C15H14N2O2. The lowest BCUT2D eigenvalue weighted by Crippen LogP contribution is -2.16. The molecule has 0 aliphatic heterocycles. The number of nitrogens with zero attached hydrogens (tertiary/aromatic N) is 1. The minimum Gasteiger partial charge on any atom is -0.456 e. The first-order chi connectivity index (χ1) is 9.25. The maximum Gasteiger partial charge on any atom is 0.307 e. The highest BCUT2D eigenvalue weighted by molar-refractivity contribution is 5.92. The van der Waals surface area contributed by atoms with Crippen LogP contribution in [0.5, 0.6) is 0 Å². The molecule has 2 rings (SSSR count). The normalized spacial score (nSPS) is 11.2. The summed E-state index contributed by atoms with van der Waals surface area (Å²) >= 11 is 0. The summed E-state index contributed by atoms with van der Waals surface area (Å²) < 4.78 is 5.17. The number of allylic oxidation sites excluding steroid dienone is 1. The number of benzene rings is 1. The van der Waals surface area contributed by atoms with Crippen LogP contribution in [0.1, 0.15) is 21.9 Å². The van der Waals surface area contributed by atoms with Crippen LogP contribution in [0.4, 0.5) is 0 Å². The van der Waals surface area contributed by atoms with Gasteiger partial charge in [0.25, 0.3) is 0 Å². The van der Waals surface area contributed by atoms with Crippen LogP contribution < -0.4 is 5.43 Å². The van der Waals surface area contributed by atoms with Crippen LogP contribution in [-0.4, -0.2) is 12.1 Å². The zero-order valence-corrected chi connectivity index (χ0v) is 10.5. The van der Waals surface area contributed by atoms with Crippen molar-refractivity contribution in [1.82, 2.24) is 5.43 Å². The van der Waals surface area contributed by atoms with Gasteiger partial charge in [0.05, 0.1) is 0 Å². The highest BCUT2D eigenvalue weighted by Crippen LogP contribution is 2.05. The number of furan rings is 1. The topological polar surface area (TPSA) is 54.6 Å². The van der Waals surface area contributed by atoms with Gasteiger partial charge >= 0.3 is 5.91 Å². The third kappa shape index (κ3) is 3.96. The van der Waals surface area contributed by atoms with Gasteiger partial charge in [-0.1, -0.05) is 36.4 Å². The summed E-state index contributed by atoms with van der Waals surface area (Å²) in [7, 11) is 0. The first-order valence-corrected chi connectivity index (χ1v) is 5.87. The number of amides is 1. The molecule has 1 amide bonds. The Morgan fingerprint density at radius 3 is 2.68 bits per heavy atom. The van der Waals surface area contributed by atoms with E-state index in [4.69, 9.17) is 4.42 Å². The van der Waals surface area contributed by atoms with Crippen molar-refractivity contribution in [3.63, 3.8) is 0 Å². The van der Waals surface area contributed by atoms with E-state index in [-0.39, 0.29) is 11.7 Å². The van der Waals surface area contributed by atoms with Crippen molar-refractivity contribution >= 4 is 18.2 Å². The van der Waals surface area contributed by atoms with Gasteiger partial charge in [-0.3, -0.25) is 4.79 Å². The molecule has 0 saturated carbocycles. The van der Waals surface area contributed by atoms with Crippen LogP contribution in [0.3, 0.4) is 0 Å². The Kier molecular flexibility index (Phi) is 4.29. The van der Waals surface area contributed by atoms with Crippen LogP contribution in [0.15, 0.2) is 58.1 Å². The van der Waals surface area contributed by atoms with Gasteiger partial charge in [-0.2, -0.15) is 5.10 Å². The van der Waals surface area contributed by atoms with E-state index < -0.39 is 0 Å². The molecule has 0 aliphatic carbocycles. The van der Waals surface area contributed by atoms with Crippen molar-refractivity contribution in [3.05, 3.63) is 65.6 Å². The van der Waals surface area contributed by atoms with Crippen LogP contribution in [0.25, 0.3) is 6.08 Å². The molecule has 19 heavy (non-hydrogen) atoms. The number of rotatable bonds is 4. The first-order valence-electron chi connectivity index (χ1n) is 5.87. The van der Waals surface area contributed by atoms with E-state index in [2.05, 4.69) is 10.5 Å². The number of carbonyl (C=O) groups is 1. The van der Waals surface area contributed by atoms with Crippen molar-refractivity contribution in [3.8, 4) is 0 Å². The Bertz CT molecular complexity index is 598. The van der Waals surface area contributed by atoms with E-state index in [9.17, 15) is 4.79 Å². The number of hydrazone groups is 1. The highest BCUT2D eigenvalue weighted by atomic mass is 16.3. The number of carbonyl (C=O) groups excluding carboxylic acids is 1. The smallest absolute Gasteiger partial charge is 0.307 e. The molecule has 1 aromatic heterocycles. The Morgan fingerprint density at radius 2 is 2.00 bits per heavy atom. The molecular weight excluding hydrogens is 240 g/mol. The third-order valence-corrected chi connectivity index (χ3v) is 2.38. The maximum atomic E-state index is 11.5. The van der Waals surface area contributed by atoms with E-state index in [1.54, 1.807) is 25.1 Å². The second kappa shape index (κ2) is 6.35. The Balaban J connectivity index is 1.84. The molecule has 0 unspecified atom stereocenters. The second-order valence-electron chi connectivity index (χ2n) is 3.90. The molecule has 1 heterocycles. The largest absolute Gasteiger partial charge is 0.456 e. The van der Waals surface area contributed by atoms with Crippen molar-refractivity contribution < 1.29 is 9.21 Å². The van der Waals surface area contributed by atoms with E-state index in [1.165, 1.54) is 6.21 Å². The average Bonchev–Trinajstić information content (AvgIpc) is 2.86. The first kappa shape index (κ1) is 12.8. The van der Waals surface area contributed by atoms with Gasteiger partial charge in [-0.15, -0.1) is 0 Å². The SMILES string of the molecule is Cc1ccc(C(=O)N/N=C/C=C/c2ccccc2)o1. The van der Waals surface area contributed by atoms with Crippen molar-refractivity contribution in [2.45, 2.75) is 6.92 Å². The summed E-state index contributed by atoms with van der Waals surface area (Å²) in [6.07, 6.45) is 5.16. The fourth-order valence-corrected chi connectivity index (χ4v) is 1.47. The van der Waals surface area contributed by atoms with Gasteiger partial charge in [0, 0.05) is 6.21 Å². The third-order valence-electron chi connectivity index (χ3n) is 2.38. The van der Waals surface area contributed by atoms with E-state index in [0.29, 0.717) is 5.76 Å². The minimum atomic E-state index is -0.363. The van der Waals surface area contributed by atoms with Gasteiger partial charge in [-0.05, 0) is 30.7 Å². The quantitative estimate of drug-likeness (QED) is 0.673. The van der Waals surface area contributed by atoms with E-state index in [0.717, 1.165) is 5.56 Å². The number of aryl methyl sites for hydroxylation is 1. The summed E-state index contributed by atoms with van der Waals surface area (Å²) in [6, 6.07) is 13.2. The van der Waals surface area contributed by atoms with Crippen molar-refractivity contribution in [1.29, 1.82) is 0 Å². The summed E-state index contributed by atoms with van der Waals surface area (Å²) in [6.45, 7) is 1.78. The van der Waals surface area contributed by atoms with Gasteiger partial charge in [-0.25, -0.2) is 5.43 Å². The molecule has 1 aromatic carbocycles. The van der Waals surface area contributed by atoms with Crippen LogP contribution in [-0.2, 0) is 0 Å². The molecule has 0 bridgehead atoms. The van der Waals surface area contributed by atoms with Gasteiger partial charge < -0.3 is 4.42 Å². The average molecular weight is 254 g/mol. The summed E-state index contributed by atoms with van der Waals surface area (Å²) in [5.41, 5.74) is 3.46. The van der Waals surface area contributed by atoms with Gasteiger partial charge in [0.15, 0.2) is 5.76 Å². The standard InChI is InChI=1S/C15H14N2O2/c1-12-9-10-14(19-12)15(18)17-16-11-5-8-13-6-3-2-4-7-13/h2-11H,1H3,(H,17,18)/b8-5+,16-11+. The molecule has 2 aromatic rings. The maximum absolute atomic E-state index is 11.5. The molecule has 0 atom stereocenters. The number of nitrogens with one attached hydrogen (secondary N) is 1. The lowest BCUT2D eigenvalue weighted by molar-refractivity contribution is 0.0926. The summed E-state index contributed by atoms with van der Waals surface area (Å²) in [5, 5.41) is 3.80. The Morgan fingerprint density at radius 1 is 1.21 bits per heavy atom. The Hall–Kier alpha value is -2.62. The lowest BCUT2D eigenvalue weighted by atomic mass is 10.2. The van der Waals surface area contributed by atoms with Crippen molar-refractivity contribution in [2.24, 2.45) is 5.10 Å². The molecule has 0 saturated heterocycles. The Labute approximate surface area is 111 Å². The van der Waals surface area contributed by atoms with Crippen LogP contribution in [0.2, 0.25) is 0 Å².